The van der Waals surface area contributed by atoms with Crippen LogP contribution in [0.4, 0.5) is 4.79 Å². The van der Waals surface area contributed by atoms with Crippen LogP contribution in [0.5, 0.6) is 0 Å². The van der Waals surface area contributed by atoms with Gasteiger partial charge in [0.2, 0.25) is 6.29 Å². The number of hydrogen-bond donors (Lipinski definition) is 1. The third-order valence-corrected chi connectivity index (χ3v) is 3.38. The molecule has 1 fully saturated rings. The van der Waals surface area contributed by atoms with Crippen molar-refractivity contribution in [2.75, 3.05) is 6.54 Å². The van der Waals surface area contributed by atoms with Crippen LogP contribution in [-0.4, -0.2) is 24.9 Å². The van der Waals surface area contributed by atoms with Gasteiger partial charge in [-0.15, -0.1) is 0 Å². The number of hydrogen-bond acceptors (Lipinski definition) is 4. The summed E-state index contributed by atoms with van der Waals surface area (Å²) in [6, 6.07) is 0. The van der Waals surface area contributed by atoms with E-state index in [1.54, 1.807) is 6.92 Å². The topological polar surface area (TPSA) is 64.6 Å². The standard InChI is InChI=1S/C14H25NO4/c1-3-12(16)18-13(4-2)19-14(17)15-10-11-8-6-5-7-9-11/h11,13H,3-10H2,1-2H3,(H,15,17). The van der Waals surface area contributed by atoms with Gasteiger partial charge >= 0.3 is 12.1 Å². The van der Waals surface area contributed by atoms with Crippen molar-refractivity contribution in [1.29, 1.82) is 0 Å². The third kappa shape index (κ3) is 6.45. The zero-order valence-electron chi connectivity index (χ0n) is 11.9. The first-order valence-corrected chi connectivity index (χ1v) is 7.29. The van der Waals surface area contributed by atoms with E-state index in [0.717, 1.165) is 0 Å². The van der Waals surface area contributed by atoms with Crippen LogP contribution in [0.3, 0.4) is 0 Å². The zero-order chi connectivity index (χ0) is 14.1. The molecule has 0 aromatic carbocycles. The molecule has 0 aromatic rings. The molecule has 1 amide bonds. The smallest absolute Gasteiger partial charge is 0.410 e. The van der Waals surface area contributed by atoms with E-state index in [9.17, 15) is 9.59 Å². The molecule has 0 aliphatic heterocycles. The highest BCUT2D eigenvalue weighted by Gasteiger charge is 2.18. The molecule has 1 aliphatic rings. The third-order valence-electron chi connectivity index (χ3n) is 3.38. The van der Waals surface area contributed by atoms with Gasteiger partial charge in [0.05, 0.1) is 0 Å². The average Bonchev–Trinajstić information content (AvgIpc) is 2.45. The summed E-state index contributed by atoms with van der Waals surface area (Å²) in [4.78, 5) is 22.7. The Labute approximate surface area is 115 Å². The molecule has 0 radical (unpaired) electrons. The fourth-order valence-corrected chi connectivity index (χ4v) is 2.20. The monoisotopic (exact) mass is 271 g/mol. The first kappa shape index (κ1) is 15.8. The molecule has 0 bridgehead atoms. The molecule has 19 heavy (non-hydrogen) atoms. The van der Waals surface area contributed by atoms with Crippen molar-refractivity contribution in [2.24, 2.45) is 5.92 Å². The van der Waals surface area contributed by atoms with E-state index >= 15 is 0 Å². The predicted molar refractivity (Wildman–Crippen MR) is 71.5 cm³/mol. The van der Waals surface area contributed by atoms with Gasteiger partial charge in [0.1, 0.15) is 0 Å². The molecule has 1 atom stereocenters. The molecule has 0 spiro atoms. The van der Waals surface area contributed by atoms with Gasteiger partial charge < -0.3 is 14.8 Å². The second-order valence-electron chi connectivity index (χ2n) is 4.97. The quantitative estimate of drug-likeness (QED) is 0.596. The minimum Gasteiger partial charge on any atom is -0.425 e. The summed E-state index contributed by atoms with van der Waals surface area (Å²) in [5.41, 5.74) is 0. The number of ether oxygens (including phenoxy) is 2. The van der Waals surface area contributed by atoms with E-state index in [2.05, 4.69) is 5.32 Å². The van der Waals surface area contributed by atoms with Crippen molar-refractivity contribution >= 4 is 12.1 Å². The Hall–Kier alpha value is -1.26. The molecule has 5 heteroatoms. The average molecular weight is 271 g/mol. The van der Waals surface area contributed by atoms with E-state index in [4.69, 9.17) is 9.47 Å². The molecular formula is C14H25NO4. The van der Waals surface area contributed by atoms with Gasteiger partial charge in [-0.3, -0.25) is 4.79 Å². The Morgan fingerprint density at radius 1 is 1.16 bits per heavy atom. The molecule has 1 unspecified atom stereocenters. The van der Waals surface area contributed by atoms with Crippen molar-refractivity contribution in [1.82, 2.24) is 5.32 Å². The summed E-state index contributed by atoms with van der Waals surface area (Å²) in [5, 5.41) is 2.76. The molecule has 5 nitrogen and oxygen atoms in total. The number of carbonyl (C=O) groups is 2. The Morgan fingerprint density at radius 2 is 1.84 bits per heavy atom. The predicted octanol–water partition coefficient (Wildman–Crippen LogP) is 2.98. The lowest BCUT2D eigenvalue weighted by atomic mass is 9.89. The fraction of sp³-hybridized carbons (Fsp3) is 0.857. The van der Waals surface area contributed by atoms with Crippen molar-refractivity contribution in [3.8, 4) is 0 Å². The van der Waals surface area contributed by atoms with Crippen LogP contribution < -0.4 is 5.32 Å². The van der Waals surface area contributed by atoms with Crippen LogP contribution in [0.2, 0.25) is 0 Å². The van der Waals surface area contributed by atoms with Crippen molar-refractivity contribution in [2.45, 2.75) is 65.1 Å². The maximum absolute atomic E-state index is 11.6. The molecule has 0 heterocycles. The molecule has 1 aliphatic carbocycles. The minimum absolute atomic E-state index is 0.281. The maximum Gasteiger partial charge on any atom is 0.410 e. The van der Waals surface area contributed by atoms with Gasteiger partial charge in [0, 0.05) is 19.4 Å². The Balaban J connectivity index is 2.22. The highest BCUT2D eigenvalue weighted by molar-refractivity contribution is 5.70. The minimum atomic E-state index is -0.779. The molecule has 1 N–H and O–H groups in total. The van der Waals surface area contributed by atoms with Crippen molar-refractivity contribution < 1.29 is 19.1 Å². The summed E-state index contributed by atoms with van der Waals surface area (Å²) < 4.78 is 10.1. The van der Waals surface area contributed by atoms with Gasteiger partial charge in [0.15, 0.2) is 0 Å². The van der Waals surface area contributed by atoms with Gasteiger partial charge in [-0.05, 0) is 18.8 Å². The highest BCUT2D eigenvalue weighted by Crippen LogP contribution is 2.22. The summed E-state index contributed by atoms with van der Waals surface area (Å²) in [6.07, 6.45) is 5.59. The van der Waals surface area contributed by atoms with Gasteiger partial charge in [0.25, 0.3) is 0 Å². The molecular weight excluding hydrogens is 246 g/mol. The number of alkyl carbamates (subject to hydrolysis) is 1. The largest absolute Gasteiger partial charge is 0.425 e. The lowest BCUT2D eigenvalue weighted by Gasteiger charge is -2.22. The van der Waals surface area contributed by atoms with Crippen LogP contribution in [0.15, 0.2) is 0 Å². The Morgan fingerprint density at radius 3 is 2.42 bits per heavy atom. The van der Waals surface area contributed by atoms with Crippen molar-refractivity contribution in [3.05, 3.63) is 0 Å². The van der Waals surface area contributed by atoms with Crippen LogP contribution in [-0.2, 0) is 14.3 Å². The van der Waals surface area contributed by atoms with E-state index in [1.165, 1.54) is 32.1 Å². The van der Waals surface area contributed by atoms with Crippen molar-refractivity contribution in [3.63, 3.8) is 0 Å². The number of nitrogens with one attached hydrogen (secondary N) is 1. The summed E-state index contributed by atoms with van der Waals surface area (Å²) in [5.74, 6) is 0.200. The van der Waals surface area contributed by atoms with Crippen LogP contribution in [0, 0.1) is 5.92 Å². The molecule has 0 saturated heterocycles. The number of amides is 1. The van der Waals surface area contributed by atoms with E-state index < -0.39 is 12.4 Å². The second-order valence-corrected chi connectivity index (χ2v) is 4.97. The molecule has 0 aromatic heterocycles. The van der Waals surface area contributed by atoms with E-state index in [0.29, 0.717) is 18.9 Å². The maximum atomic E-state index is 11.6. The Kier molecular flexibility index (Phi) is 7.30. The lowest BCUT2D eigenvalue weighted by Crippen LogP contribution is -2.34. The number of rotatable bonds is 6. The van der Waals surface area contributed by atoms with E-state index in [-0.39, 0.29) is 12.4 Å². The summed E-state index contributed by atoms with van der Waals surface area (Å²) >= 11 is 0. The highest BCUT2D eigenvalue weighted by atomic mass is 16.7. The fourth-order valence-electron chi connectivity index (χ4n) is 2.20. The van der Waals surface area contributed by atoms with Crippen LogP contribution in [0.25, 0.3) is 0 Å². The van der Waals surface area contributed by atoms with Crippen LogP contribution in [0.1, 0.15) is 58.8 Å². The van der Waals surface area contributed by atoms with Gasteiger partial charge in [-0.2, -0.15) is 0 Å². The SMILES string of the molecule is CCC(=O)OC(CC)OC(=O)NCC1CCCCC1. The Bertz CT molecular complexity index is 287. The van der Waals surface area contributed by atoms with E-state index in [1.807, 2.05) is 6.92 Å². The molecule has 1 rings (SSSR count). The van der Waals surface area contributed by atoms with Gasteiger partial charge in [-0.1, -0.05) is 33.1 Å². The van der Waals surface area contributed by atoms with Gasteiger partial charge in [-0.25, -0.2) is 4.79 Å². The first-order chi connectivity index (χ1) is 9.15. The lowest BCUT2D eigenvalue weighted by molar-refractivity contribution is -0.167. The normalized spacial score (nSPS) is 17.6. The summed E-state index contributed by atoms with van der Waals surface area (Å²) in [6.45, 7) is 4.16. The second kappa shape index (κ2) is 8.77. The zero-order valence-corrected chi connectivity index (χ0v) is 11.9. The molecule has 110 valence electrons. The molecule has 1 saturated carbocycles. The number of carbonyl (C=O) groups excluding carboxylic acids is 2. The number of esters is 1. The van der Waals surface area contributed by atoms with Crippen LogP contribution >= 0.6 is 0 Å². The summed E-state index contributed by atoms with van der Waals surface area (Å²) in [7, 11) is 0. The first-order valence-electron chi connectivity index (χ1n) is 7.29.